The third-order valence-corrected chi connectivity index (χ3v) is 5.36. The van der Waals surface area contributed by atoms with Gasteiger partial charge in [0.05, 0.1) is 17.5 Å². The molecular formula is C20H23N5O2S. The maximum atomic E-state index is 12.6. The fraction of sp³-hybridized carbons (Fsp3) is 0.300. The highest BCUT2D eigenvalue weighted by atomic mass is 32.2. The van der Waals surface area contributed by atoms with Crippen molar-refractivity contribution in [3.05, 3.63) is 53.6 Å². The predicted molar refractivity (Wildman–Crippen MR) is 110 cm³/mol. The van der Waals surface area contributed by atoms with Gasteiger partial charge in [0.2, 0.25) is 11.1 Å². The number of nitrogens with one attached hydrogen (secondary N) is 1. The molecule has 1 N–H and O–H groups in total. The van der Waals surface area contributed by atoms with Crippen molar-refractivity contribution < 1.29 is 9.53 Å². The maximum absolute atomic E-state index is 12.6. The van der Waals surface area contributed by atoms with Crippen molar-refractivity contribution in [1.29, 1.82) is 0 Å². The number of nitrogens with zero attached hydrogens (tertiary/aromatic N) is 4. The Bertz CT molecular complexity index is 955. The van der Waals surface area contributed by atoms with Gasteiger partial charge in [-0.25, -0.2) is 0 Å². The highest BCUT2D eigenvalue weighted by molar-refractivity contribution is 8.00. The van der Waals surface area contributed by atoms with E-state index >= 15 is 0 Å². The zero-order chi connectivity index (χ0) is 20.1. The molecule has 3 rings (SSSR count). The lowest BCUT2D eigenvalue weighted by Crippen LogP contribution is -2.23. The van der Waals surface area contributed by atoms with Crippen LogP contribution in [-0.2, 0) is 4.79 Å². The van der Waals surface area contributed by atoms with Crippen LogP contribution in [0.1, 0.15) is 25.0 Å². The van der Waals surface area contributed by atoms with Gasteiger partial charge in [0, 0.05) is 5.69 Å². The SMILES string of the molecule is CCOc1ccc(NC(=O)C(C)Sc2nnnn2-c2cccc(C)c2C)cc1. The average Bonchev–Trinajstić information content (AvgIpc) is 3.13. The summed E-state index contributed by atoms with van der Waals surface area (Å²) in [6.07, 6.45) is 0. The molecule has 0 saturated carbocycles. The standard InChI is InChI=1S/C20H23N5O2S/c1-5-27-17-11-9-16(10-12-17)21-19(26)15(4)28-20-22-23-24-25(20)18-8-6-7-13(2)14(18)3/h6-12,15H,5H2,1-4H3,(H,21,26). The van der Waals surface area contributed by atoms with Crippen molar-refractivity contribution in [2.75, 3.05) is 11.9 Å². The Morgan fingerprint density at radius 1 is 1.21 bits per heavy atom. The van der Waals surface area contributed by atoms with Gasteiger partial charge >= 0.3 is 0 Å². The fourth-order valence-electron chi connectivity index (χ4n) is 2.63. The Labute approximate surface area is 168 Å². The summed E-state index contributed by atoms with van der Waals surface area (Å²) in [6, 6.07) is 13.3. The Hall–Kier alpha value is -2.87. The third-order valence-electron chi connectivity index (χ3n) is 4.33. The summed E-state index contributed by atoms with van der Waals surface area (Å²) in [6.45, 7) is 8.44. The van der Waals surface area contributed by atoms with Crippen LogP contribution >= 0.6 is 11.8 Å². The van der Waals surface area contributed by atoms with E-state index in [0.29, 0.717) is 11.8 Å². The molecule has 0 spiro atoms. The van der Waals surface area contributed by atoms with Crippen LogP contribution in [0.15, 0.2) is 47.6 Å². The van der Waals surface area contributed by atoms with Crippen molar-refractivity contribution in [1.82, 2.24) is 20.2 Å². The minimum atomic E-state index is -0.374. The topological polar surface area (TPSA) is 81.9 Å². The molecular weight excluding hydrogens is 374 g/mol. The van der Waals surface area contributed by atoms with Crippen molar-refractivity contribution >= 4 is 23.4 Å². The molecule has 0 aliphatic heterocycles. The number of tetrazole rings is 1. The number of anilines is 1. The number of carbonyl (C=O) groups excluding carboxylic acids is 1. The molecule has 28 heavy (non-hydrogen) atoms. The van der Waals surface area contributed by atoms with Crippen molar-refractivity contribution in [2.24, 2.45) is 0 Å². The lowest BCUT2D eigenvalue weighted by Gasteiger charge is -2.13. The number of benzene rings is 2. The monoisotopic (exact) mass is 397 g/mol. The van der Waals surface area contributed by atoms with Gasteiger partial charge in [-0.05, 0) is 79.6 Å². The first-order valence-electron chi connectivity index (χ1n) is 9.05. The smallest absolute Gasteiger partial charge is 0.237 e. The fourth-order valence-corrected chi connectivity index (χ4v) is 3.43. The van der Waals surface area contributed by atoms with Gasteiger partial charge in [-0.1, -0.05) is 23.9 Å². The molecule has 1 atom stereocenters. The quantitative estimate of drug-likeness (QED) is 0.611. The molecule has 0 fully saturated rings. The molecule has 0 radical (unpaired) electrons. The van der Waals surface area contributed by atoms with Crippen LogP contribution in [0.3, 0.4) is 0 Å². The van der Waals surface area contributed by atoms with E-state index in [2.05, 4.69) is 20.8 Å². The number of thioether (sulfide) groups is 1. The van der Waals surface area contributed by atoms with Gasteiger partial charge in [-0.3, -0.25) is 4.79 Å². The van der Waals surface area contributed by atoms with E-state index in [4.69, 9.17) is 4.74 Å². The molecule has 3 aromatic rings. The first kappa shape index (κ1) is 19.9. The number of aromatic nitrogens is 4. The lowest BCUT2D eigenvalue weighted by molar-refractivity contribution is -0.115. The van der Waals surface area contributed by atoms with E-state index in [1.54, 1.807) is 4.68 Å². The minimum Gasteiger partial charge on any atom is -0.494 e. The van der Waals surface area contributed by atoms with Crippen LogP contribution in [0.2, 0.25) is 0 Å². The molecule has 0 aliphatic carbocycles. The first-order chi connectivity index (χ1) is 13.5. The Balaban J connectivity index is 1.70. The number of hydrogen-bond donors (Lipinski definition) is 1. The molecule has 0 bridgehead atoms. The molecule has 2 aromatic carbocycles. The Morgan fingerprint density at radius 3 is 2.68 bits per heavy atom. The second-order valence-electron chi connectivity index (χ2n) is 6.30. The third kappa shape index (κ3) is 4.51. The average molecular weight is 398 g/mol. The summed E-state index contributed by atoms with van der Waals surface area (Å²) < 4.78 is 7.09. The molecule has 1 unspecified atom stereocenters. The van der Waals surface area contributed by atoms with Gasteiger partial charge in [0.1, 0.15) is 5.75 Å². The molecule has 0 saturated heterocycles. The van der Waals surface area contributed by atoms with Gasteiger partial charge < -0.3 is 10.1 Å². The molecule has 8 heteroatoms. The molecule has 0 aliphatic rings. The normalized spacial score (nSPS) is 11.9. The summed E-state index contributed by atoms with van der Waals surface area (Å²) in [5.74, 6) is 0.653. The van der Waals surface area contributed by atoms with E-state index in [1.165, 1.54) is 11.8 Å². The van der Waals surface area contributed by atoms with Crippen LogP contribution in [0.5, 0.6) is 5.75 Å². The predicted octanol–water partition coefficient (Wildman–Crippen LogP) is 3.80. The second-order valence-corrected chi connectivity index (χ2v) is 7.61. The molecule has 146 valence electrons. The number of rotatable bonds is 7. The first-order valence-corrected chi connectivity index (χ1v) is 9.93. The second kappa shape index (κ2) is 8.88. The summed E-state index contributed by atoms with van der Waals surface area (Å²) >= 11 is 1.32. The number of aryl methyl sites for hydroxylation is 1. The van der Waals surface area contributed by atoms with E-state index in [0.717, 1.165) is 28.3 Å². The zero-order valence-corrected chi connectivity index (χ0v) is 17.2. The number of ether oxygens (including phenoxy) is 1. The van der Waals surface area contributed by atoms with Crippen molar-refractivity contribution in [3.63, 3.8) is 0 Å². The van der Waals surface area contributed by atoms with Crippen molar-refractivity contribution in [2.45, 2.75) is 38.1 Å². The number of hydrogen-bond acceptors (Lipinski definition) is 6. The maximum Gasteiger partial charge on any atom is 0.237 e. The molecule has 1 heterocycles. The highest BCUT2D eigenvalue weighted by Crippen LogP contribution is 2.26. The Morgan fingerprint density at radius 2 is 1.96 bits per heavy atom. The lowest BCUT2D eigenvalue weighted by atomic mass is 10.1. The van der Waals surface area contributed by atoms with E-state index in [-0.39, 0.29) is 11.2 Å². The largest absolute Gasteiger partial charge is 0.494 e. The van der Waals surface area contributed by atoms with E-state index in [1.807, 2.05) is 70.2 Å². The Kier molecular flexibility index (Phi) is 6.30. The molecule has 7 nitrogen and oxygen atoms in total. The molecule has 1 aromatic heterocycles. The van der Waals surface area contributed by atoms with Crippen LogP contribution in [0.25, 0.3) is 5.69 Å². The van der Waals surface area contributed by atoms with Gasteiger partial charge in [0.15, 0.2) is 0 Å². The van der Waals surface area contributed by atoms with Gasteiger partial charge in [0.25, 0.3) is 0 Å². The molecule has 1 amide bonds. The van der Waals surface area contributed by atoms with Gasteiger partial charge in [-0.15, -0.1) is 5.10 Å². The summed E-state index contributed by atoms with van der Waals surface area (Å²) in [5.41, 5.74) is 3.88. The number of amides is 1. The van der Waals surface area contributed by atoms with Crippen molar-refractivity contribution in [3.8, 4) is 11.4 Å². The zero-order valence-electron chi connectivity index (χ0n) is 16.3. The van der Waals surface area contributed by atoms with Gasteiger partial charge in [-0.2, -0.15) is 4.68 Å². The number of carbonyl (C=O) groups is 1. The minimum absolute atomic E-state index is 0.121. The summed E-state index contributed by atoms with van der Waals surface area (Å²) in [7, 11) is 0. The van der Waals surface area contributed by atoms with E-state index in [9.17, 15) is 4.79 Å². The van der Waals surface area contributed by atoms with Crippen LogP contribution < -0.4 is 10.1 Å². The summed E-state index contributed by atoms with van der Waals surface area (Å²) in [4.78, 5) is 12.6. The summed E-state index contributed by atoms with van der Waals surface area (Å²) in [5, 5.41) is 15.1. The van der Waals surface area contributed by atoms with E-state index < -0.39 is 0 Å². The van der Waals surface area contributed by atoms with Crippen LogP contribution in [-0.4, -0.2) is 38.0 Å². The van der Waals surface area contributed by atoms with Crippen LogP contribution in [0, 0.1) is 13.8 Å². The highest BCUT2D eigenvalue weighted by Gasteiger charge is 2.20. The van der Waals surface area contributed by atoms with Crippen LogP contribution in [0.4, 0.5) is 5.69 Å².